The number of carbonyl (C=O) groups is 1. The number of benzene rings is 1. The molecule has 0 bridgehead atoms. The fraction of sp³-hybridized carbons (Fsp3) is 0.471. The first-order valence-corrected chi connectivity index (χ1v) is 10.9. The summed E-state index contributed by atoms with van der Waals surface area (Å²) in [7, 11) is -1.68. The number of rotatable bonds is 4. The molecule has 1 aromatic carbocycles. The second kappa shape index (κ2) is 6.40. The topological polar surface area (TPSA) is 26.3 Å². The Morgan fingerprint density at radius 1 is 1.15 bits per heavy atom. The van der Waals surface area contributed by atoms with E-state index < -0.39 is 8.32 Å². The Balaban J connectivity index is 2.24. The van der Waals surface area contributed by atoms with Crippen molar-refractivity contribution in [3.8, 4) is 0 Å². The van der Waals surface area contributed by atoms with Crippen LogP contribution in [0.3, 0.4) is 0 Å². The lowest BCUT2D eigenvalue weighted by molar-refractivity contribution is 0.0910. The smallest absolute Gasteiger partial charge is 0.241 e. The molecular weight excluding hydrogens is 264 g/mol. The van der Waals surface area contributed by atoms with Gasteiger partial charge in [-0.05, 0) is 45.0 Å². The molecule has 1 aliphatic carbocycles. The van der Waals surface area contributed by atoms with Crippen LogP contribution in [0, 0.1) is 5.92 Å². The zero-order valence-corrected chi connectivity index (χ0v) is 13.7. The van der Waals surface area contributed by atoms with E-state index in [9.17, 15) is 4.79 Å². The zero-order valence-electron chi connectivity index (χ0n) is 12.7. The normalized spacial score (nSPS) is 19.9. The number of ketones is 1. The molecule has 0 fully saturated rings. The third-order valence-electron chi connectivity index (χ3n) is 3.43. The monoisotopic (exact) mass is 288 g/mol. The van der Waals surface area contributed by atoms with Crippen LogP contribution in [0.4, 0.5) is 0 Å². The van der Waals surface area contributed by atoms with Crippen LogP contribution in [0.2, 0.25) is 19.6 Å². The van der Waals surface area contributed by atoms with Crippen molar-refractivity contribution < 1.29 is 9.22 Å². The predicted molar refractivity (Wildman–Crippen MR) is 85.2 cm³/mol. The lowest BCUT2D eigenvalue weighted by Gasteiger charge is -2.26. The largest absolute Gasteiger partial charge is 0.547 e. The SMILES string of the molecule is C[Si](C)(C)OC1=CCCCCC1C(=O)c1ccccc1. The third kappa shape index (κ3) is 4.07. The molecule has 0 N–H and O–H groups in total. The van der Waals surface area contributed by atoms with Gasteiger partial charge in [-0.2, -0.15) is 0 Å². The lowest BCUT2D eigenvalue weighted by atomic mass is 9.92. The van der Waals surface area contributed by atoms with Gasteiger partial charge in [0.15, 0.2) is 5.78 Å². The number of allylic oxidation sites excluding steroid dienone is 2. The molecule has 1 unspecified atom stereocenters. The van der Waals surface area contributed by atoms with Gasteiger partial charge < -0.3 is 4.43 Å². The number of hydrogen-bond acceptors (Lipinski definition) is 2. The first-order chi connectivity index (χ1) is 9.47. The maximum Gasteiger partial charge on any atom is 0.241 e. The second-order valence-electron chi connectivity index (χ2n) is 6.39. The van der Waals surface area contributed by atoms with Crippen molar-refractivity contribution in [2.24, 2.45) is 5.92 Å². The Bertz CT molecular complexity index is 485. The Labute approximate surface area is 123 Å². The van der Waals surface area contributed by atoms with Gasteiger partial charge >= 0.3 is 0 Å². The first kappa shape index (κ1) is 15.0. The van der Waals surface area contributed by atoms with E-state index in [1.54, 1.807) is 0 Å². The van der Waals surface area contributed by atoms with Crippen molar-refractivity contribution >= 4 is 14.1 Å². The number of carbonyl (C=O) groups excluding carboxylic acids is 1. The van der Waals surface area contributed by atoms with E-state index in [-0.39, 0.29) is 11.7 Å². The fourth-order valence-electron chi connectivity index (χ4n) is 2.55. The molecule has 1 aliphatic rings. The first-order valence-electron chi connectivity index (χ1n) is 7.46. The van der Waals surface area contributed by atoms with E-state index in [2.05, 4.69) is 25.7 Å². The van der Waals surface area contributed by atoms with E-state index in [1.807, 2.05) is 30.3 Å². The van der Waals surface area contributed by atoms with Crippen molar-refractivity contribution in [1.29, 1.82) is 0 Å². The molecule has 2 nitrogen and oxygen atoms in total. The van der Waals surface area contributed by atoms with Crippen molar-refractivity contribution in [3.63, 3.8) is 0 Å². The Morgan fingerprint density at radius 2 is 1.85 bits per heavy atom. The molecule has 0 radical (unpaired) electrons. The molecule has 108 valence electrons. The molecule has 1 aromatic rings. The quantitative estimate of drug-likeness (QED) is 0.588. The summed E-state index contributed by atoms with van der Waals surface area (Å²) < 4.78 is 6.19. The third-order valence-corrected chi connectivity index (χ3v) is 4.28. The van der Waals surface area contributed by atoms with Gasteiger partial charge in [-0.3, -0.25) is 4.79 Å². The number of Topliss-reactive ketones (excluding diaryl/α,β-unsaturated/α-hetero) is 1. The highest BCUT2D eigenvalue weighted by Gasteiger charge is 2.29. The Hall–Kier alpha value is -1.35. The molecule has 0 aromatic heterocycles. The Morgan fingerprint density at radius 3 is 2.50 bits per heavy atom. The van der Waals surface area contributed by atoms with Gasteiger partial charge in [-0.15, -0.1) is 0 Å². The molecule has 20 heavy (non-hydrogen) atoms. The fourth-order valence-corrected chi connectivity index (χ4v) is 3.48. The average Bonchev–Trinajstić information content (AvgIpc) is 2.62. The van der Waals surface area contributed by atoms with Gasteiger partial charge in [-0.1, -0.05) is 36.8 Å². The van der Waals surface area contributed by atoms with Crippen LogP contribution in [0.25, 0.3) is 0 Å². The van der Waals surface area contributed by atoms with Crippen LogP contribution < -0.4 is 0 Å². The van der Waals surface area contributed by atoms with Crippen LogP contribution in [0.5, 0.6) is 0 Å². The molecule has 0 spiro atoms. The van der Waals surface area contributed by atoms with Gasteiger partial charge in [0, 0.05) is 5.56 Å². The van der Waals surface area contributed by atoms with Crippen molar-refractivity contribution in [3.05, 3.63) is 47.7 Å². The summed E-state index contributed by atoms with van der Waals surface area (Å²) in [5.74, 6) is 1.04. The zero-order chi connectivity index (χ0) is 14.6. The van der Waals surface area contributed by atoms with Gasteiger partial charge in [0.1, 0.15) is 0 Å². The summed E-state index contributed by atoms with van der Waals surface area (Å²) in [5, 5.41) is 0. The highest BCUT2D eigenvalue weighted by Crippen LogP contribution is 2.30. The van der Waals surface area contributed by atoms with Gasteiger partial charge in [0.05, 0.1) is 11.7 Å². The Kier molecular flexibility index (Phi) is 4.81. The molecule has 1 atom stereocenters. The minimum atomic E-state index is -1.68. The molecule has 3 heteroatoms. The predicted octanol–water partition coefficient (Wildman–Crippen LogP) is 4.79. The minimum Gasteiger partial charge on any atom is -0.547 e. The van der Waals surface area contributed by atoms with Gasteiger partial charge in [0.25, 0.3) is 0 Å². The van der Waals surface area contributed by atoms with E-state index in [4.69, 9.17) is 4.43 Å². The summed E-state index contributed by atoms with van der Waals surface area (Å²) in [6, 6.07) is 9.59. The maximum atomic E-state index is 12.7. The standard InChI is InChI=1S/C17H24O2Si/c1-20(2,3)19-16-13-9-5-8-12-15(16)17(18)14-10-6-4-7-11-14/h4,6-7,10-11,13,15H,5,8-9,12H2,1-3H3. The maximum absolute atomic E-state index is 12.7. The average molecular weight is 288 g/mol. The highest BCUT2D eigenvalue weighted by atomic mass is 28.4. The van der Waals surface area contributed by atoms with Crippen LogP contribution >= 0.6 is 0 Å². The van der Waals surface area contributed by atoms with E-state index >= 15 is 0 Å². The summed E-state index contributed by atoms with van der Waals surface area (Å²) in [4.78, 5) is 12.7. The van der Waals surface area contributed by atoms with Crippen molar-refractivity contribution in [2.75, 3.05) is 0 Å². The molecule has 0 saturated heterocycles. The molecule has 0 saturated carbocycles. The van der Waals surface area contributed by atoms with Crippen molar-refractivity contribution in [2.45, 2.75) is 45.3 Å². The van der Waals surface area contributed by atoms with E-state index in [0.717, 1.165) is 37.0 Å². The van der Waals surface area contributed by atoms with Crippen LogP contribution in [-0.2, 0) is 4.43 Å². The van der Waals surface area contributed by atoms with Crippen LogP contribution in [0.15, 0.2) is 42.2 Å². The highest BCUT2D eigenvalue weighted by molar-refractivity contribution is 6.70. The molecule has 0 aliphatic heterocycles. The minimum absolute atomic E-state index is 0.0911. The van der Waals surface area contributed by atoms with Crippen LogP contribution in [-0.4, -0.2) is 14.1 Å². The summed E-state index contributed by atoms with van der Waals surface area (Å²) in [5.41, 5.74) is 0.796. The summed E-state index contributed by atoms with van der Waals surface area (Å²) in [6.45, 7) is 6.51. The van der Waals surface area contributed by atoms with Crippen molar-refractivity contribution in [1.82, 2.24) is 0 Å². The van der Waals surface area contributed by atoms with E-state index in [1.165, 1.54) is 0 Å². The molecule has 2 rings (SSSR count). The number of hydrogen-bond donors (Lipinski definition) is 0. The van der Waals surface area contributed by atoms with Gasteiger partial charge in [-0.25, -0.2) is 0 Å². The molecule has 0 amide bonds. The molecule has 0 heterocycles. The second-order valence-corrected chi connectivity index (χ2v) is 10.8. The lowest BCUT2D eigenvalue weighted by Crippen LogP contribution is -2.29. The summed E-state index contributed by atoms with van der Waals surface area (Å²) in [6.07, 6.45) is 6.33. The molecular formula is C17H24O2Si. The summed E-state index contributed by atoms with van der Waals surface area (Å²) >= 11 is 0. The van der Waals surface area contributed by atoms with E-state index in [0.29, 0.717) is 0 Å². The van der Waals surface area contributed by atoms with Crippen LogP contribution in [0.1, 0.15) is 36.0 Å². The van der Waals surface area contributed by atoms with Gasteiger partial charge in [0.2, 0.25) is 8.32 Å².